The van der Waals surface area contributed by atoms with Crippen molar-refractivity contribution in [2.24, 2.45) is 0 Å². The molecule has 3 heteroatoms. The largest absolute Gasteiger partial charge is 0.335 e. The molecule has 0 radical (unpaired) electrons. The highest BCUT2D eigenvalue weighted by molar-refractivity contribution is 5.76. The van der Waals surface area contributed by atoms with Crippen LogP contribution in [0.2, 0.25) is 0 Å². The van der Waals surface area contributed by atoms with Gasteiger partial charge in [-0.15, -0.1) is 0 Å². The van der Waals surface area contributed by atoms with Crippen LogP contribution in [0.4, 0.5) is 4.79 Å². The SMILES string of the molecule is C#CNC(=O)NC1CC1. The molecule has 2 amide bonds. The minimum Gasteiger partial charge on any atom is -0.335 e. The summed E-state index contributed by atoms with van der Waals surface area (Å²) in [5.41, 5.74) is 0. The minimum absolute atomic E-state index is 0.264. The molecule has 1 aliphatic carbocycles. The van der Waals surface area contributed by atoms with Crippen LogP contribution in [0.3, 0.4) is 0 Å². The average Bonchev–Trinajstić information content (AvgIpc) is 2.50. The number of amides is 2. The monoisotopic (exact) mass is 124 g/mol. The maximum atomic E-state index is 10.5. The Morgan fingerprint density at radius 1 is 1.67 bits per heavy atom. The molecule has 1 rings (SSSR count). The summed E-state index contributed by atoms with van der Waals surface area (Å²) in [7, 11) is 0. The molecule has 0 aromatic heterocycles. The van der Waals surface area contributed by atoms with E-state index in [1.54, 1.807) is 0 Å². The molecular weight excluding hydrogens is 116 g/mol. The second-order valence-corrected chi connectivity index (χ2v) is 2.02. The normalized spacial score (nSPS) is 15.9. The summed E-state index contributed by atoms with van der Waals surface area (Å²) in [6.07, 6.45) is 6.97. The highest BCUT2D eigenvalue weighted by Gasteiger charge is 2.22. The molecule has 1 fully saturated rings. The van der Waals surface area contributed by atoms with Crippen LogP contribution >= 0.6 is 0 Å². The van der Waals surface area contributed by atoms with E-state index in [4.69, 9.17) is 6.42 Å². The fourth-order valence-electron chi connectivity index (χ4n) is 0.515. The van der Waals surface area contributed by atoms with Gasteiger partial charge in [-0.1, -0.05) is 6.42 Å². The molecule has 0 aromatic carbocycles. The molecule has 2 N–H and O–H groups in total. The van der Waals surface area contributed by atoms with Gasteiger partial charge in [-0.05, 0) is 12.8 Å². The van der Waals surface area contributed by atoms with Crippen LogP contribution in [0.1, 0.15) is 12.8 Å². The van der Waals surface area contributed by atoms with Gasteiger partial charge in [0.1, 0.15) is 0 Å². The highest BCUT2D eigenvalue weighted by Crippen LogP contribution is 2.17. The Balaban J connectivity index is 2.11. The lowest BCUT2D eigenvalue weighted by Crippen LogP contribution is -2.33. The van der Waals surface area contributed by atoms with Crippen LogP contribution in [0.15, 0.2) is 0 Å². The molecule has 0 atom stereocenters. The Kier molecular flexibility index (Phi) is 1.59. The Morgan fingerprint density at radius 3 is 2.78 bits per heavy atom. The fraction of sp³-hybridized carbons (Fsp3) is 0.500. The van der Waals surface area contributed by atoms with Crippen LogP contribution in [0.25, 0.3) is 0 Å². The first-order valence-electron chi connectivity index (χ1n) is 2.85. The van der Waals surface area contributed by atoms with Crippen molar-refractivity contribution < 1.29 is 4.79 Å². The quantitative estimate of drug-likeness (QED) is 0.376. The van der Waals surface area contributed by atoms with E-state index in [1.165, 1.54) is 0 Å². The zero-order valence-corrected chi connectivity index (χ0v) is 4.98. The standard InChI is InChI=1S/C6H8N2O/c1-2-7-6(9)8-5-3-4-5/h1,5H,3-4H2,(H2,7,8,9). The van der Waals surface area contributed by atoms with E-state index < -0.39 is 0 Å². The number of terminal acetylenes is 1. The van der Waals surface area contributed by atoms with Gasteiger partial charge >= 0.3 is 6.03 Å². The Labute approximate surface area is 53.8 Å². The first kappa shape index (κ1) is 5.96. The van der Waals surface area contributed by atoms with Gasteiger partial charge in [-0.3, -0.25) is 5.32 Å². The second kappa shape index (κ2) is 2.40. The first-order valence-corrected chi connectivity index (χ1v) is 2.85. The molecule has 0 aliphatic heterocycles. The summed E-state index contributed by atoms with van der Waals surface area (Å²) >= 11 is 0. The van der Waals surface area contributed by atoms with Gasteiger partial charge in [0.25, 0.3) is 0 Å². The Bertz CT molecular complexity index is 155. The van der Waals surface area contributed by atoms with Crippen LogP contribution in [-0.2, 0) is 0 Å². The second-order valence-electron chi connectivity index (χ2n) is 2.02. The van der Waals surface area contributed by atoms with E-state index in [-0.39, 0.29) is 6.03 Å². The summed E-state index contributed by atoms with van der Waals surface area (Å²) in [5.74, 6) is 0. The van der Waals surface area contributed by atoms with E-state index in [0.29, 0.717) is 6.04 Å². The third kappa shape index (κ3) is 2.04. The molecular formula is C6H8N2O. The van der Waals surface area contributed by atoms with Crippen molar-refractivity contribution in [2.75, 3.05) is 0 Å². The number of carbonyl (C=O) groups is 1. The summed E-state index contributed by atoms with van der Waals surface area (Å²) in [6.45, 7) is 0. The number of nitrogens with one attached hydrogen (secondary N) is 2. The Hall–Kier alpha value is -1.17. The number of carbonyl (C=O) groups excluding carboxylic acids is 1. The van der Waals surface area contributed by atoms with Gasteiger partial charge in [0.05, 0.1) is 0 Å². The molecule has 0 saturated heterocycles. The highest BCUT2D eigenvalue weighted by atomic mass is 16.2. The Morgan fingerprint density at radius 2 is 2.33 bits per heavy atom. The molecule has 3 nitrogen and oxygen atoms in total. The fourth-order valence-corrected chi connectivity index (χ4v) is 0.515. The average molecular weight is 124 g/mol. The van der Waals surface area contributed by atoms with E-state index in [1.807, 2.05) is 6.04 Å². The number of hydrogen-bond acceptors (Lipinski definition) is 1. The van der Waals surface area contributed by atoms with Gasteiger partial charge in [-0.25, -0.2) is 4.79 Å². The zero-order chi connectivity index (χ0) is 6.69. The predicted octanol–water partition coefficient (Wildman–Crippen LogP) is 0.0387. The van der Waals surface area contributed by atoms with E-state index in [9.17, 15) is 4.79 Å². The van der Waals surface area contributed by atoms with Crippen LogP contribution in [0, 0.1) is 12.5 Å². The van der Waals surface area contributed by atoms with Gasteiger partial charge in [0, 0.05) is 12.1 Å². The number of rotatable bonds is 1. The topological polar surface area (TPSA) is 41.1 Å². The zero-order valence-electron chi connectivity index (χ0n) is 4.98. The first-order chi connectivity index (χ1) is 4.33. The lowest BCUT2D eigenvalue weighted by molar-refractivity contribution is 0.244. The van der Waals surface area contributed by atoms with Crippen molar-refractivity contribution in [3.05, 3.63) is 0 Å². The molecule has 1 saturated carbocycles. The maximum absolute atomic E-state index is 10.5. The molecule has 0 bridgehead atoms. The van der Waals surface area contributed by atoms with Gasteiger partial charge in [0.2, 0.25) is 0 Å². The maximum Gasteiger partial charge on any atom is 0.326 e. The van der Waals surface area contributed by atoms with Crippen molar-refractivity contribution >= 4 is 6.03 Å². The lowest BCUT2D eigenvalue weighted by Gasteiger charge is -1.97. The van der Waals surface area contributed by atoms with Gasteiger partial charge in [0.15, 0.2) is 0 Å². The molecule has 48 valence electrons. The van der Waals surface area contributed by atoms with Crippen molar-refractivity contribution in [1.29, 1.82) is 0 Å². The van der Waals surface area contributed by atoms with Gasteiger partial charge < -0.3 is 5.32 Å². The molecule has 0 spiro atoms. The van der Waals surface area contributed by atoms with Crippen molar-refractivity contribution in [2.45, 2.75) is 18.9 Å². The van der Waals surface area contributed by atoms with Crippen molar-refractivity contribution in [3.63, 3.8) is 0 Å². The number of hydrogen-bond donors (Lipinski definition) is 2. The van der Waals surface area contributed by atoms with Crippen LogP contribution < -0.4 is 10.6 Å². The van der Waals surface area contributed by atoms with Crippen LogP contribution in [-0.4, -0.2) is 12.1 Å². The smallest absolute Gasteiger partial charge is 0.326 e. The third-order valence-electron chi connectivity index (χ3n) is 1.10. The minimum atomic E-state index is -0.264. The molecule has 0 aromatic rings. The van der Waals surface area contributed by atoms with E-state index in [0.717, 1.165) is 12.8 Å². The lowest BCUT2D eigenvalue weighted by atomic mass is 10.7. The summed E-state index contributed by atoms with van der Waals surface area (Å²) in [4.78, 5) is 10.5. The predicted molar refractivity (Wildman–Crippen MR) is 33.5 cm³/mol. The molecule has 9 heavy (non-hydrogen) atoms. The van der Waals surface area contributed by atoms with Crippen LogP contribution in [0.5, 0.6) is 0 Å². The molecule has 0 heterocycles. The summed E-state index contributed by atoms with van der Waals surface area (Å²) in [5, 5.41) is 4.86. The van der Waals surface area contributed by atoms with Crippen molar-refractivity contribution in [1.82, 2.24) is 10.6 Å². The summed E-state index contributed by atoms with van der Waals surface area (Å²) < 4.78 is 0. The third-order valence-corrected chi connectivity index (χ3v) is 1.10. The van der Waals surface area contributed by atoms with Crippen molar-refractivity contribution in [3.8, 4) is 12.5 Å². The summed E-state index contributed by atoms with van der Waals surface area (Å²) in [6, 6.07) is 2.15. The van der Waals surface area contributed by atoms with Gasteiger partial charge in [-0.2, -0.15) is 0 Å². The molecule has 0 unspecified atom stereocenters. The van der Waals surface area contributed by atoms with E-state index >= 15 is 0 Å². The number of urea groups is 1. The molecule has 1 aliphatic rings. The van der Waals surface area contributed by atoms with E-state index in [2.05, 4.69) is 10.6 Å².